The monoisotopic (exact) mass is 375 g/mol. The fraction of sp³-hybridized carbons (Fsp3) is 0.625. The van der Waals surface area contributed by atoms with Crippen LogP contribution in [0, 0.1) is 0 Å². The second-order valence-corrected chi connectivity index (χ2v) is 6.61. The largest absolute Gasteiger partial charge is 0.493 e. The zero-order valence-corrected chi connectivity index (χ0v) is 15.6. The van der Waals surface area contributed by atoms with Crippen LogP contribution in [0.15, 0.2) is 16.6 Å². The molecule has 0 heterocycles. The van der Waals surface area contributed by atoms with E-state index in [0.717, 1.165) is 29.1 Å². The lowest BCUT2D eigenvalue weighted by Gasteiger charge is -2.13. The number of rotatable bonds is 11. The summed E-state index contributed by atoms with van der Waals surface area (Å²) in [6, 6.07) is 4.13. The molecule has 0 saturated heterocycles. The van der Waals surface area contributed by atoms with Gasteiger partial charge in [0, 0.05) is 6.54 Å². The molecule has 0 bridgehead atoms. The number of methoxy groups -OCH3 is 1. The fourth-order valence-corrected chi connectivity index (χ4v) is 3.16. The minimum Gasteiger partial charge on any atom is -0.493 e. The topological polar surface area (TPSA) is 30.5 Å². The number of ether oxygens (including phenoxy) is 2. The first-order chi connectivity index (χ1) is 10.2. The van der Waals surface area contributed by atoms with Crippen LogP contribution in [0.2, 0.25) is 0 Å². The third kappa shape index (κ3) is 6.94. The van der Waals surface area contributed by atoms with E-state index in [4.69, 9.17) is 9.47 Å². The first kappa shape index (κ1) is 18.7. The minimum absolute atomic E-state index is 0.628. The molecule has 1 N–H and O–H groups in total. The summed E-state index contributed by atoms with van der Waals surface area (Å²) in [5, 5.41) is 3.48. The molecule has 0 atom stereocenters. The van der Waals surface area contributed by atoms with Gasteiger partial charge in [-0.05, 0) is 71.9 Å². The maximum absolute atomic E-state index is 5.60. The highest BCUT2D eigenvalue weighted by molar-refractivity contribution is 9.10. The van der Waals surface area contributed by atoms with Gasteiger partial charge in [-0.3, -0.25) is 0 Å². The Labute approximate surface area is 141 Å². The van der Waals surface area contributed by atoms with Gasteiger partial charge in [-0.25, -0.2) is 0 Å². The predicted molar refractivity (Wildman–Crippen MR) is 95.8 cm³/mol. The highest BCUT2D eigenvalue weighted by Gasteiger charge is 2.10. The van der Waals surface area contributed by atoms with Gasteiger partial charge in [-0.2, -0.15) is 11.8 Å². The molecular weight excluding hydrogens is 350 g/mol. The lowest BCUT2D eigenvalue weighted by Crippen LogP contribution is -2.15. The number of benzene rings is 1. The maximum atomic E-state index is 5.60. The second kappa shape index (κ2) is 11.2. The van der Waals surface area contributed by atoms with Gasteiger partial charge in [-0.1, -0.05) is 6.42 Å². The van der Waals surface area contributed by atoms with Crippen LogP contribution in [0.5, 0.6) is 11.5 Å². The Kier molecular flexibility index (Phi) is 9.96. The number of thioether (sulfide) groups is 1. The molecule has 5 heteroatoms. The molecule has 3 nitrogen and oxygen atoms in total. The number of unbranched alkanes of at least 4 members (excludes halogenated alkanes) is 2. The summed E-state index contributed by atoms with van der Waals surface area (Å²) in [5.74, 6) is 2.83. The summed E-state index contributed by atoms with van der Waals surface area (Å²) in [6.07, 6.45) is 6.00. The summed E-state index contributed by atoms with van der Waals surface area (Å²) >= 11 is 5.48. The van der Waals surface area contributed by atoms with Crippen LogP contribution in [-0.4, -0.2) is 32.3 Å². The molecule has 0 aliphatic heterocycles. The van der Waals surface area contributed by atoms with Crippen LogP contribution in [-0.2, 0) is 6.54 Å². The van der Waals surface area contributed by atoms with E-state index in [0.29, 0.717) is 6.61 Å². The second-order valence-electron chi connectivity index (χ2n) is 4.77. The highest BCUT2D eigenvalue weighted by atomic mass is 79.9. The minimum atomic E-state index is 0.628. The van der Waals surface area contributed by atoms with E-state index in [9.17, 15) is 0 Å². The van der Waals surface area contributed by atoms with E-state index in [-0.39, 0.29) is 0 Å². The van der Waals surface area contributed by atoms with Crippen LogP contribution in [0.4, 0.5) is 0 Å². The van der Waals surface area contributed by atoms with Crippen molar-refractivity contribution < 1.29 is 9.47 Å². The van der Waals surface area contributed by atoms with Crippen LogP contribution in [0.1, 0.15) is 31.7 Å². The first-order valence-electron chi connectivity index (χ1n) is 7.41. The lowest BCUT2D eigenvalue weighted by atomic mass is 10.2. The number of nitrogens with one attached hydrogen (secondary N) is 1. The Morgan fingerprint density at radius 1 is 1.24 bits per heavy atom. The summed E-state index contributed by atoms with van der Waals surface area (Å²) in [4.78, 5) is 0. The Hall–Kier alpha value is -0.390. The van der Waals surface area contributed by atoms with Crippen molar-refractivity contribution in [2.24, 2.45) is 0 Å². The van der Waals surface area contributed by atoms with Gasteiger partial charge < -0.3 is 14.8 Å². The van der Waals surface area contributed by atoms with E-state index in [1.54, 1.807) is 7.11 Å². The van der Waals surface area contributed by atoms with Crippen LogP contribution >= 0.6 is 27.7 Å². The molecule has 0 radical (unpaired) electrons. The number of halogens is 1. The normalized spacial score (nSPS) is 10.7. The smallest absolute Gasteiger partial charge is 0.175 e. The van der Waals surface area contributed by atoms with Crippen molar-refractivity contribution in [3.8, 4) is 11.5 Å². The molecule has 0 fully saturated rings. The molecule has 0 spiro atoms. The number of hydrogen-bond acceptors (Lipinski definition) is 4. The van der Waals surface area contributed by atoms with Gasteiger partial charge in [0.2, 0.25) is 0 Å². The molecular formula is C16H26BrNO2S. The molecule has 120 valence electrons. The predicted octanol–water partition coefficient (Wildman–Crippen LogP) is 4.48. The van der Waals surface area contributed by atoms with Crippen molar-refractivity contribution in [2.75, 3.05) is 32.3 Å². The SMILES string of the molecule is CCOc1c(Br)cc(CNCCCCCSC)cc1OC. The van der Waals surface area contributed by atoms with Gasteiger partial charge in [0.1, 0.15) is 0 Å². The van der Waals surface area contributed by atoms with Crippen LogP contribution < -0.4 is 14.8 Å². The van der Waals surface area contributed by atoms with Gasteiger partial charge in [-0.15, -0.1) is 0 Å². The summed E-state index contributed by atoms with van der Waals surface area (Å²) in [7, 11) is 1.67. The first-order valence-corrected chi connectivity index (χ1v) is 9.60. The van der Waals surface area contributed by atoms with Gasteiger partial charge in [0.25, 0.3) is 0 Å². The molecule has 1 aromatic carbocycles. The summed E-state index contributed by atoms with van der Waals surface area (Å²) in [5.41, 5.74) is 1.20. The van der Waals surface area contributed by atoms with Crippen molar-refractivity contribution >= 4 is 27.7 Å². The lowest BCUT2D eigenvalue weighted by molar-refractivity contribution is 0.308. The standard InChI is InChI=1S/C16H26BrNO2S/c1-4-20-16-14(17)10-13(11-15(16)19-2)12-18-8-6-5-7-9-21-3/h10-11,18H,4-9,12H2,1-3H3. The molecule has 0 saturated carbocycles. The van der Waals surface area contributed by atoms with Crippen molar-refractivity contribution in [3.63, 3.8) is 0 Å². The van der Waals surface area contributed by atoms with Crippen LogP contribution in [0.25, 0.3) is 0 Å². The van der Waals surface area contributed by atoms with Crippen LogP contribution in [0.3, 0.4) is 0 Å². The third-order valence-electron chi connectivity index (χ3n) is 3.11. The third-order valence-corrected chi connectivity index (χ3v) is 4.40. The molecule has 1 rings (SSSR count). The maximum Gasteiger partial charge on any atom is 0.175 e. The van der Waals surface area contributed by atoms with E-state index in [2.05, 4.69) is 33.6 Å². The molecule has 21 heavy (non-hydrogen) atoms. The van der Waals surface area contributed by atoms with Gasteiger partial charge >= 0.3 is 0 Å². The fourth-order valence-electron chi connectivity index (χ4n) is 2.07. The summed E-state index contributed by atoms with van der Waals surface area (Å²) in [6.45, 7) is 4.51. The van der Waals surface area contributed by atoms with E-state index >= 15 is 0 Å². The average molecular weight is 376 g/mol. The van der Waals surface area contributed by atoms with E-state index in [1.165, 1.54) is 30.6 Å². The quantitative estimate of drug-likeness (QED) is 0.577. The van der Waals surface area contributed by atoms with Crippen molar-refractivity contribution in [1.82, 2.24) is 5.32 Å². The molecule has 0 amide bonds. The number of hydrogen-bond donors (Lipinski definition) is 1. The van der Waals surface area contributed by atoms with E-state index < -0.39 is 0 Å². The molecule has 0 aliphatic carbocycles. The summed E-state index contributed by atoms with van der Waals surface area (Å²) < 4.78 is 12.0. The molecule has 1 aromatic rings. The van der Waals surface area contributed by atoms with Crippen molar-refractivity contribution in [3.05, 3.63) is 22.2 Å². The van der Waals surface area contributed by atoms with E-state index in [1.807, 2.05) is 24.8 Å². The zero-order chi connectivity index (χ0) is 15.5. The Bertz CT molecular complexity index is 416. The van der Waals surface area contributed by atoms with Crippen molar-refractivity contribution in [2.45, 2.75) is 32.7 Å². The zero-order valence-electron chi connectivity index (χ0n) is 13.2. The highest BCUT2D eigenvalue weighted by Crippen LogP contribution is 2.36. The Morgan fingerprint density at radius 3 is 2.71 bits per heavy atom. The molecule has 0 aromatic heterocycles. The Morgan fingerprint density at radius 2 is 2.05 bits per heavy atom. The average Bonchev–Trinajstić information content (AvgIpc) is 2.48. The van der Waals surface area contributed by atoms with Crippen molar-refractivity contribution in [1.29, 1.82) is 0 Å². The molecule has 0 aliphatic rings. The molecule has 0 unspecified atom stereocenters. The Balaban J connectivity index is 2.43. The van der Waals surface area contributed by atoms with Gasteiger partial charge in [0.05, 0.1) is 18.2 Å². The van der Waals surface area contributed by atoms with Gasteiger partial charge in [0.15, 0.2) is 11.5 Å².